The van der Waals surface area contributed by atoms with Gasteiger partial charge in [-0.25, -0.2) is 5.01 Å². The number of nitrogens with zero attached hydrogens (tertiary/aromatic N) is 2. The fraction of sp³-hybridized carbons (Fsp3) is 0.353. The van der Waals surface area contributed by atoms with Crippen LogP contribution < -0.4 is 4.74 Å². The van der Waals surface area contributed by atoms with Gasteiger partial charge < -0.3 is 9.15 Å². The Morgan fingerprint density at radius 3 is 3.00 bits per heavy atom. The summed E-state index contributed by atoms with van der Waals surface area (Å²) in [6, 6.07) is 9.76. The molecule has 0 bridgehead atoms. The lowest BCUT2D eigenvalue weighted by Crippen LogP contribution is -2.50. The summed E-state index contributed by atoms with van der Waals surface area (Å²) in [6.45, 7) is 4.19. The number of halogens is 1. The number of benzene rings is 1. The molecule has 0 fully saturated rings. The molecule has 3 heterocycles. The van der Waals surface area contributed by atoms with Crippen molar-refractivity contribution in [3.8, 4) is 5.75 Å². The lowest BCUT2D eigenvalue weighted by Gasteiger charge is -2.45. The molecule has 2 aliphatic heterocycles. The van der Waals surface area contributed by atoms with Gasteiger partial charge in [0.05, 0.1) is 12.3 Å². The quantitative estimate of drug-likeness (QED) is 0.812. The second-order valence-corrected chi connectivity index (χ2v) is 6.34. The van der Waals surface area contributed by atoms with Gasteiger partial charge in [-0.2, -0.15) is 5.10 Å². The highest BCUT2D eigenvalue weighted by molar-refractivity contribution is 6.30. The maximum Gasteiger partial charge on any atom is 0.195 e. The molecule has 0 saturated heterocycles. The van der Waals surface area contributed by atoms with Gasteiger partial charge in [-0.05, 0) is 37.3 Å². The minimum absolute atomic E-state index is 0.132. The monoisotopic (exact) mass is 316 g/mol. The van der Waals surface area contributed by atoms with E-state index in [2.05, 4.69) is 18.9 Å². The van der Waals surface area contributed by atoms with E-state index in [0.29, 0.717) is 5.02 Å². The van der Waals surface area contributed by atoms with Crippen LogP contribution in [-0.2, 0) is 0 Å². The van der Waals surface area contributed by atoms with E-state index >= 15 is 0 Å². The lowest BCUT2D eigenvalue weighted by molar-refractivity contribution is -0.108. The van der Waals surface area contributed by atoms with Gasteiger partial charge >= 0.3 is 0 Å². The fourth-order valence-corrected chi connectivity index (χ4v) is 3.35. The molecule has 1 aromatic heterocycles. The van der Waals surface area contributed by atoms with E-state index in [4.69, 9.17) is 25.9 Å². The predicted octanol–water partition coefficient (Wildman–Crippen LogP) is 4.60. The van der Waals surface area contributed by atoms with Crippen molar-refractivity contribution in [1.82, 2.24) is 5.01 Å². The number of ether oxygens (including phenoxy) is 1. The third-order valence-electron chi connectivity index (χ3n) is 4.52. The van der Waals surface area contributed by atoms with Gasteiger partial charge in [-0.3, -0.25) is 0 Å². The van der Waals surface area contributed by atoms with E-state index in [0.717, 1.165) is 35.6 Å². The summed E-state index contributed by atoms with van der Waals surface area (Å²) in [4.78, 5) is 0. The second-order valence-electron chi connectivity index (χ2n) is 5.90. The Bertz CT molecular complexity index is 741. The molecule has 1 aromatic carbocycles. The molecular formula is C17H17ClN2O2. The van der Waals surface area contributed by atoms with Crippen LogP contribution >= 0.6 is 11.6 Å². The van der Waals surface area contributed by atoms with Gasteiger partial charge in [-0.1, -0.05) is 18.5 Å². The van der Waals surface area contributed by atoms with Crippen LogP contribution in [0.3, 0.4) is 0 Å². The Morgan fingerprint density at radius 1 is 1.41 bits per heavy atom. The molecule has 0 N–H and O–H groups in total. The summed E-state index contributed by atoms with van der Waals surface area (Å²) in [7, 11) is 0. The maximum atomic E-state index is 6.23. The van der Waals surface area contributed by atoms with Crippen LogP contribution in [0.25, 0.3) is 0 Å². The molecule has 4 rings (SSSR count). The topological polar surface area (TPSA) is 38.0 Å². The number of furan rings is 1. The van der Waals surface area contributed by atoms with Crippen LogP contribution in [0, 0.1) is 0 Å². The SMILES string of the molecule is CC[C@]1(C)Oc2ccc(Cl)cc2[C@H]2CC(c3ccco3)=NN21. The second kappa shape index (κ2) is 4.78. The lowest BCUT2D eigenvalue weighted by atomic mass is 9.95. The van der Waals surface area contributed by atoms with E-state index in [1.807, 2.05) is 30.3 Å². The zero-order chi connectivity index (χ0) is 15.3. The van der Waals surface area contributed by atoms with E-state index in [9.17, 15) is 0 Å². The van der Waals surface area contributed by atoms with E-state index in [1.54, 1.807) is 6.26 Å². The largest absolute Gasteiger partial charge is 0.466 e. The van der Waals surface area contributed by atoms with Gasteiger partial charge in [0.1, 0.15) is 17.2 Å². The first-order valence-corrected chi connectivity index (χ1v) is 7.87. The molecule has 0 saturated carbocycles. The normalized spacial score (nSPS) is 26.2. The predicted molar refractivity (Wildman–Crippen MR) is 85.2 cm³/mol. The van der Waals surface area contributed by atoms with Crippen LogP contribution in [-0.4, -0.2) is 16.4 Å². The van der Waals surface area contributed by atoms with Gasteiger partial charge in [0, 0.05) is 23.4 Å². The van der Waals surface area contributed by atoms with Gasteiger partial charge in [-0.15, -0.1) is 0 Å². The van der Waals surface area contributed by atoms with Gasteiger partial charge in [0.25, 0.3) is 0 Å². The molecule has 0 unspecified atom stereocenters. The molecule has 0 spiro atoms. The molecule has 0 radical (unpaired) electrons. The Kier molecular flexibility index (Phi) is 2.98. The molecule has 4 nitrogen and oxygen atoms in total. The van der Waals surface area contributed by atoms with Crippen LogP contribution in [0.1, 0.15) is 44.1 Å². The highest BCUT2D eigenvalue weighted by Gasteiger charge is 2.47. The molecule has 0 aliphatic carbocycles. The highest BCUT2D eigenvalue weighted by atomic mass is 35.5. The van der Waals surface area contributed by atoms with Gasteiger partial charge in [0.15, 0.2) is 5.72 Å². The summed E-state index contributed by atoms with van der Waals surface area (Å²) >= 11 is 6.18. The third-order valence-corrected chi connectivity index (χ3v) is 4.75. The van der Waals surface area contributed by atoms with E-state index in [-0.39, 0.29) is 6.04 Å². The van der Waals surface area contributed by atoms with Crippen molar-refractivity contribution in [2.24, 2.45) is 5.10 Å². The van der Waals surface area contributed by atoms with Crippen LogP contribution in [0.2, 0.25) is 5.02 Å². The van der Waals surface area contributed by atoms with Crippen molar-refractivity contribution >= 4 is 17.3 Å². The Labute approximate surface area is 134 Å². The number of rotatable bonds is 2. The Balaban J connectivity index is 1.81. The van der Waals surface area contributed by atoms with E-state index in [1.165, 1.54) is 0 Å². The molecule has 114 valence electrons. The molecule has 22 heavy (non-hydrogen) atoms. The molecule has 2 aliphatic rings. The zero-order valence-electron chi connectivity index (χ0n) is 12.5. The minimum Gasteiger partial charge on any atom is -0.466 e. The smallest absolute Gasteiger partial charge is 0.195 e. The number of hydrogen-bond donors (Lipinski definition) is 0. The highest BCUT2D eigenvalue weighted by Crippen LogP contribution is 2.48. The first-order valence-electron chi connectivity index (χ1n) is 7.50. The molecule has 2 aromatic rings. The van der Waals surface area contributed by atoms with Crippen molar-refractivity contribution in [2.45, 2.75) is 38.5 Å². The average molecular weight is 317 g/mol. The van der Waals surface area contributed by atoms with Crippen LogP contribution in [0.15, 0.2) is 46.1 Å². The Morgan fingerprint density at radius 2 is 2.27 bits per heavy atom. The number of hydrazone groups is 1. The fourth-order valence-electron chi connectivity index (χ4n) is 3.17. The average Bonchev–Trinajstić information content (AvgIpc) is 3.17. The summed E-state index contributed by atoms with van der Waals surface area (Å²) in [6.07, 6.45) is 3.30. The number of fused-ring (bicyclic) bond motifs is 3. The maximum absolute atomic E-state index is 6.23. The van der Waals surface area contributed by atoms with Crippen LogP contribution in [0.4, 0.5) is 0 Å². The van der Waals surface area contributed by atoms with Crippen molar-refractivity contribution < 1.29 is 9.15 Å². The summed E-state index contributed by atoms with van der Waals surface area (Å²) in [5.41, 5.74) is 1.58. The summed E-state index contributed by atoms with van der Waals surface area (Å²) < 4.78 is 11.7. The van der Waals surface area contributed by atoms with Crippen molar-refractivity contribution in [3.05, 3.63) is 52.9 Å². The molecular weight excluding hydrogens is 300 g/mol. The first kappa shape index (κ1) is 13.7. The first-order chi connectivity index (χ1) is 10.6. The van der Waals surface area contributed by atoms with Crippen LogP contribution in [0.5, 0.6) is 5.75 Å². The summed E-state index contributed by atoms with van der Waals surface area (Å²) in [5, 5.41) is 7.57. The summed E-state index contributed by atoms with van der Waals surface area (Å²) in [5.74, 6) is 1.71. The zero-order valence-corrected chi connectivity index (χ0v) is 13.3. The standard InChI is InChI=1S/C17H17ClN2O2/c1-3-17(2)20-14(10-13(19-20)16-5-4-8-21-16)12-9-11(18)6-7-15(12)22-17/h4-9,14H,3,10H2,1-2H3/t14-,17+/m1/s1. The Hall–Kier alpha value is -1.94. The molecule has 0 amide bonds. The molecule has 2 atom stereocenters. The van der Waals surface area contributed by atoms with Crippen molar-refractivity contribution in [3.63, 3.8) is 0 Å². The van der Waals surface area contributed by atoms with Crippen molar-refractivity contribution in [2.75, 3.05) is 0 Å². The van der Waals surface area contributed by atoms with Crippen molar-refractivity contribution in [1.29, 1.82) is 0 Å². The third kappa shape index (κ3) is 1.94. The number of hydrogen-bond acceptors (Lipinski definition) is 4. The van der Waals surface area contributed by atoms with E-state index < -0.39 is 5.72 Å². The van der Waals surface area contributed by atoms with Gasteiger partial charge in [0.2, 0.25) is 0 Å². The molecule has 5 heteroatoms. The minimum atomic E-state index is -0.458.